The van der Waals surface area contributed by atoms with E-state index >= 15 is 0 Å². The van der Waals surface area contributed by atoms with Crippen molar-refractivity contribution in [2.24, 2.45) is 10.7 Å². The van der Waals surface area contributed by atoms with E-state index in [1.54, 1.807) is 18.4 Å². The van der Waals surface area contributed by atoms with Crippen LogP contribution in [-0.4, -0.2) is 17.9 Å². The summed E-state index contributed by atoms with van der Waals surface area (Å²) in [5.41, 5.74) is 8.46. The Hall–Kier alpha value is -2.18. The third-order valence-corrected chi connectivity index (χ3v) is 5.92. The Labute approximate surface area is 158 Å². The number of aromatic nitrogens is 1. The van der Waals surface area contributed by atoms with Crippen molar-refractivity contribution in [3.63, 3.8) is 0 Å². The minimum absolute atomic E-state index is 0.482. The average molecular weight is 414 g/mol. The van der Waals surface area contributed by atoms with Gasteiger partial charge in [-0.3, -0.25) is 0 Å². The predicted octanol–water partition coefficient (Wildman–Crippen LogP) is 4.23. The maximum atomic E-state index is 6.26. The van der Waals surface area contributed by atoms with Crippen LogP contribution in [0.5, 0.6) is 5.75 Å². The molecule has 4 nitrogen and oxygen atoms in total. The summed E-state index contributed by atoms with van der Waals surface area (Å²) in [7, 11) is 1.66. The third kappa shape index (κ3) is 2.48. The van der Waals surface area contributed by atoms with E-state index < -0.39 is 5.54 Å². The van der Waals surface area contributed by atoms with Gasteiger partial charge < -0.3 is 10.5 Å². The summed E-state index contributed by atoms with van der Waals surface area (Å²) in [4.78, 5) is 10.6. The first kappa shape index (κ1) is 16.3. The molecular weight excluding hydrogens is 398 g/mol. The lowest BCUT2D eigenvalue weighted by Crippen LogP contribution is -2.24. The maximum absolute atomic E-state index is 6.26. The van der Waals surface area contributed by atoms with Crippen LogP contribution >= 0.6 is 27.3 Å². The van der Waals surface area contributed by atoms with Crippen molar-refractivity contribution in [1.82, 2.24) is 4.98 Å². The maximum Gasteiger partial charge on any atom is 0.149 e. The summed E-state index contributed by atoms with van der Waals surface area (Å²) in [6.07, 6.45) is 0. The van der Waals surface area contributed by atoms with Crippen molar-refractivity contribution in [3.8, 4) is 5.75 Å². The number of fused-ring (bicyclic) bond motifs is 1. The normalized spacial score (nSPS) is 18.8. The Morgan fingerprint density at radius 2 is 1.88 bits per heavy atom. The largest absolute Gasteiger partial charge is 0.497 e. The number of aryl methyl sites for hydroxylation is 1. The number of halogens is 1. The van der Waals surface area contributed by atoms with Gasteiger partial charge in [0.1, 0.15) is 22.8 Å². The molecule has 2 heterocycles. The zero-order valence-corrected chi connectivity index (χ0v) is 16.2. The van der Waals surface area contributed by atoms with Crippen LogP contribution in [-0.2, 0) is 5.54 Å². The Kier molecular flexibility index (Phi) is 3.89. The summed E-state index contributed by atoms with van der Waals surface area (Å²) in [6, 6.07) is 16.2. The number of thiazole rings is 1. The van der Waals surface area contributed by atoms with Gasteiger partial charge in [-0.2, -0.15) is 0 Å². The highest BCUT2D eigenvalue weighted by atomic mass is 79.9. The van der Waals surface area contributed by atoms with Crippen LogP contribution in [0.1, 0.15) is 26.7 Å². The molecule has 1 aliphatic rings. The lowest BCUT2D eigenvalue weighted by atomic mass is 9.82. The van der Waals surface area contributed by atoms with Gasteiger partial charge in [0.05, 0.1) is 17.0 Å². The zero-order valence-electron chi connectivity index (χ0n) is 13.8. The van der Waals surface area contributed by atoms with Crippen molar-refractivity contribution in [2.75, 3.05) is 7.11 Å². The van der Waals surface area contributed by atoms with Crippen molar-refractivity contribution in [3.05, 3.63) is 79.7 Å². The summed E-state index contributed by atoms with van der Waals surface area (Å²) in [5.74, 6) is 1.29. The Bertz CT molecular complexity index is 981. The minimum Gasteiger partial charge on any atom is -0.497 e. The second-order valence-corrected chi connectivity index (χ2v) is 7.98. The molecule has 2 aromatic carbocycles. The first-order valence-electron chi connectivity index (χ1n) is 7.79. The van der Waals surface area contributed by atoms with E-state index in [4.69, 9.17) is 15.5 Å². The zero-order chi connectivity index (χ0) is 17.6. The molecule has 1 atom stereocenters. The fraction of sp³-hybridized carbons (Fsp3) is 0.158. The van der Waals surface area contributed by atoms with Crippen molar-refractivity contribution < 1.29 is 4.74 Å². The fourth-order valence-electron chi connectivity index (χ4n) is 3.23. The molecule has 0 fully saturated rings. The molecule has 25 heavy (non-hydrogen) atoms. The number of hydrogen-bond donors (Lipinski definition) is 1. The minimum atomic E-state index is -0.679. The van der Waals surface area contributed by atoms with Crippen LogP contribution in [0.15, 0.2) is 58.0 Å². The van der Waals surface area contributed by atoms with Crippen LogP contribution in [0.4, 0.5) is 0 Å². The van der Waals surface area contributed by atoms with Crippen molar-refractivity contribution in [2.45, 2.75) is 12.5 Å². The molecule has 0 spiro atoms. The number of aliphatic imine (C=N–C) groups is 1. The molecular formula is C19H16BrN3OS. The topological polar surface area (TPSA) is 60.5 Å². The van der Waals surface area contributed by atoms with E-state index in [0.29, 0.717) is 5.84 Å². The summed E-state index contributed by atoms with van der Waals surface area (Å²) >= 11 is 5.22. The number of amidine groups is 1. The Morgan fingerprint density at radius 1 is 1.12 bits per heavy atom. The second kappa shape index (κ2) is 5.97. The van der Waals surface area contributed by atoms with Crippen LogP contribution in [0, 0.1) is 6.92 Å². The van der Waals surface area contributed by atoms with Crippen LogP contribution in [0.3, 0.4) is 0 Å². The highest BCUT2D eigenvalue weighted by Crippen LogP contribution is 2.48. The lowest BCUT2D eigenvalue weighted by Gasteiger charge is -2.27. The number of hydrogen-bond acceptors (Lipinski definition) is 5. The lowest BCUT2D eigenvalue weighted by molar-refractivity contribution is 0.414. The summed E-state index contributed by atoms with van der Waals surface area (Å²) in [5, 5.41) is 0.982. The molecule has 1 aromatic heterocycles. The Balaban J connectivity index is 2.03. The predicted molar refractivity (Wildman–Crippen MR) is 105 cm³/mol. The second-order valence-electron chi connectivity index (χ2n) is 5.86. The van der Waals surface area contributed by atoms with Crippen LogP contribution in [0.25, 0.3) is 0 Å². The number of ether oxygens (including phenoxy) is 1. The molecule has 0 bridgehead atoms. The molecule has 4 rings (SSSR count). The monoisotopic (exact) mass is 413 g/mol. The smallest absolute Gasteiger partial charge is 0.149 e. The van der Waals surface area contributed by atoms with E-state index in [2.05, 4.69) is 33.0 Å². The molecule has 6 heteroatoms. The molecule has 0 amide bonds. The van der Waals surface area contributed by atoms with E-state index in [1.165, 1.54) is 0 Å². The van der Waals surface area contributed by atoms with Gasteiger partial charge in [-0.25, -0.2) is 9.98 Å². The van der Waals surface area contributed by atoms with Gasteiger partial charge in [0.15, 0.2) is 0 Å². The van der Waals surface area contributed by atoms with Gasteiger partial charge in [0.25, 0.3) is 0 Å². The van der Waals surface area contributed by atoms with Gasteiger partial charge in [-0.15, -0.1) is 11.3 Å². The van der Waals surface area contributed by atoms with Crippen molar-refractivity contribution >= 4 is 33.1 Å². The van der Waals surface area contributed by atoms with Gasteiger partial charge in [-0.05, 0) is 42.3 Å². The molecule has 1 unspecified atom stereocenters. The first-order valence-corrected chi connectivity index (χ1v) is 9.39. The average Bonchev–Trinajstić information content (AvgIpc) is 3.13. The van der Waals surface area contributed by atoms with Crippen LogP contribution in [0.2, 0.25) is 0 Å². The van der Waals surface area contributed by atoms with Gasteiger partial charge >= 0.3 is 0 Å². The molecule has 0 saturated carbocycles. The third-order valence-electron chi connectivity index (χ3n) is 4.34. The number of rotatable bonds is 3. The van der Waals surface area contributed by atoms with Crippen LogP contribution < -0.4 is 10.5 Å². The fourth-order valence-corrected chi connectivity index (χ4v) is 4.74. The highest BCUT2D eigenvalue weighted by Gasteiger charge is 2.45. The van der Waals surface area contributed by atoms with E-state index in [9.17, 15) is 0 Å². The first-order chi connectivity index (χ1) is 12.0. The molecule has 126 valence electrons. The molecule has 1 aliphatic heterocycles. The van der Waals surface area contributed by atoms with Gasteiger partial charge in [0.2, 0.25) is 0 Å². The van der Waals surface area contributed by atoms with E-state index in [1.807, 2.05) is 43.3 Å². The Morgan fingerprint density at radius 3 is 2.56 bits per heavy atom. The van der Waals surface area contributed by atoms with E-state index in [0.717, 1.165) is 36.9 Å². The summed E-state index contributed by atoms with van der Waals surface area (Å²) < 4.78 is 6.31. The number of nitrogens with two attached hydrogens (primary N) is 1. The van der Waals surface area contributed by atoms with E-state index in [-0.39, 0.29) is 0 Å². The van der Waals surface area contributed by atoms with Gasteiger partial charge in [-0.1, -0.05) is 40.2 Å². The molecule has 0 saturated heterocycles. The van der Waals surface area contributed by atoms with Crippen molar-refractivity contribution in [1.29, 1.82) is 0 Å². The number of nitrogens with zero attached hydrogens (tertiary/aromatic N) is 2. The van der Waals surface area contributed by atoms with Gasteiger partial charge in [0, 0.05) is 4.47 Å². The standard InChI is InChI=1S/C19H16BrN3OS/c1-11-22-16-17(25-11)19(23-18(16)21,13-4-3-5-14(20)10-13)12-6-8-15(24-2)9-7-12/h3-10H,1-2H3,(H2,21,23). The highest BCUT2D eigenvalue weighted by molar-refractivity contribution is 9.10. The molecule has 0 aliphatic carbocycles. The summed E-state index contributed by atoms with van der Waals surface area (Å²) in [6.45, 7) is 2.00. The quantitative estimate of drug-likeness (QED) is 0.698. The molecule has 0 radical (unpaired) electrons. The number of methoxy groups -OCH3 is 1. The SMILES string of the molecule is COc1ccc(C2(c3cccc(Br)c3)N=C(N)c3nc(C)sc32)cc1. The molecule has 2 N–H and O–H groups in total. The number of benzene rings is 2. The molecule has 3 aromatic rings.